The van der Waals surface area contributed by atoms with Crippen LogP contribution in [0.4, 0.5) is 0 Å². The lowest BCUT2D eigenvalue weighted by molar-refractivity contribution is 0.129. The molecule has 1 aromatic rings. The summed E-state index contributed by atoms with van der Waals surface area (Å²) in [6, 6.07) is 8.48. The molecule has 144 valence electrons. The third-order valence-electron chi connectivity index (χ3n) is 3.39. The fourth-order valence-corrected chi connectivity index (χ4v) is 3.18. The van der Waals surface area contributed by atoms with Crippen LogP contribution in [-0.4, -0.2) is 53.5 Å². The highest BCUT2D eigenvalue weighted by molar-refractivity contribution is 14.0. The number of nitrogens with one attached hydrogen (secondary N) is 2. The second kappa shape index (κ2) is 14.3. The molecule has 25 heavy (non-hydrogen) atoms. The van der Waals surface area contributed by atoms with Gasteiger partial charge in [-0.3, -0.25) is 4.99 Å². The highest BCUT2D eigenvalue weighted by Crippen LogP contribution is 2.09. The standard InChI is InChI=1S/C17H29N3O3S.HI/c1-3-4-13-23-14-8-11-19-17(18-2)20-12-15-24(21,22)16-9-6-5-7-10-16;/h5-7,9-10H,3-4,8,11-15H2,1-2H3,(H2,18,19,20);1H. The van der Waals surface area contributed by atoms with Crippen molar-refractivity contribution in [2.75, 3.05) is 39.1 Å². The molecule has 0 amide bonds. The number of rotatable bonds is 11. The van der Waals surface area contributed by atoms with E-state index in [0.29, 0.717) is 24.0 Å². The lowest BCUT2D eigenvalue weighted by Gasteiger charge is -2.12. The summed E-state index contributed by atoms with van der Waals surface area (Å²) < 4.78 is 29.8. The van der Waals surface area contributed by atoms with Gasteiger partial charge < -0.3 is 15.4 Å². The Morgan fingerprint density at radius 1 is 1.08 bits per heavy atom. The number of unbranched alkanes of at least 4 members (excludes halogenated alkanes) is 1. The number of aliphatic imine (C=N–C) groups is 1. The first-order chi connectivity index (χ1) is 11.6. The van der Waals surface area contributed by atoms with Crippen molar-refractivity contribution in [2.24, 2.45) is 4.99 Å². The molecule has 8 heteroatoms. The molecule has 0 fully saturated rings. The predicted molar refractivity (Wildman–Crippen MR) is 114 cm³/mol. The first-order valence-corrected chi connectivity index (χ1v) is 10.1. The molecule has 0 aliphatic heterocycles. The third kappa shape index (κ3) is 10.7. The van der Waals surface area contributed by atoms with E-state index in [9.17, 15) is 8.42 Å². The molecule has 0 bridgehead atoms. The van der Waals surface area contributed by atoms with Crippen LogP contribution in [0.2, 0.25) is 0 Å². The van der Waals surface area contributed by atoms with Gasteiger partial charge in [-0.1, -0.05) is 31.5 Å². The number of ether oxygens (including phenoxy) is 1. The van der Waals surface area contributed by atoms with Gasteiger partial charge in [0, 0.05) is 33.4 Å². The van der Waals surface area contributed by atoms with Gasteiger partial charge >= 0.3 is 0 Å². The maximum atomic E-state index is 12.2. The Labute approximate surface area is 168 Å². The van der Waals surface area contributed by atoms with Crippen LogP contribution < -0.4 is 10.6 Å². The third-order valence-corrected chi connectivity index (χ3v) is 5.12. The number of hydrogen-bond donors (Lipinski definition) is 2. The Balaban J connectivity index is 0.00000576. The summed E-state index contributed by atoms with van der Waals surface area (Å²) >= 11 is 0. The van der Waals surface area contributed by atoms with Crippen molar-refractivity contribution in [1.29, 1.82) is 0 Å². The van der Waals surface area contributed by atoms with E-state index in [1.807, 2.05) is 0 Å². The van der Waals surface area contributed by atoms with E-state index in [-0.39, 0.29) is 29.7 Å². The monoisotopic (exact) mass is 483 g/mol. The number of nitrogens with zero attached hydrogens (tertiary/aromatic N) is 1. The Kier molecular flexibility index (Phi) is 13.8. The lowest BCUT2D eigenvalue weighted by atomic mass is 10.4. The zero-order valence-corrected chi connectivity index (χ0v) is 18.2. The van der Waals surface area contributed by atoms with Crippen molar-refractivity contribution in [2.45, 2.75) is 31.1 Å². The molecule has 0 aromatic heterocycles. The fourth-order valence-electron chi connectivity index (χ4n) is 2.00. The highest BCUT2D eigenvalue weighted by Gasteiger charge is 2.13. The molecule has 0 saturated heterocycles. The van der Waals surface area contributed by atoms with E-state index in [4.69, 9.17) is 4.74 Å². The van der Waals surface area contributed by atoms with Crippen molar-refractivity contribution in [3.63, 3.8) is 0 Å². The summed E-state index contributed by atoms with van der Waals surface area (Å²) in [5, 5.41) is 6.18. The summed E-state index contributed by atoms with van der Waals surface area (Å²) in [5.41, 5.74) is 0. The average molecular weight is 483 g/mol. The second-order valence-corrected chi connectivity index (χ2v) is 7.49. The highest BCUT2D eigenvalue weighted by atomic mass is 127. The molecule has 0 saturated carbocycles. The minimum Gasteiger partial charge on any atom is -0.381 e. The SMILES string of the molecule is CCCCOCCCNC(=NC)NCCS(=O)(=O)c1ccccc1.I. The van der Waals surface area contributed by atoms with Crippen LogP contribution in [0, 0.1) is 0 Å². The summed E-state index contributed by atoms with van der Waals surface area (Å²) in [4.78, 5) is 4.43. The molecule has 0 spiro atoms. The Hall–Kier alpha value is -0.870. The summed E-state index contributed by atoms with van der Waals surface area (Å²) in [5.74, 6) is 0.629. The predicted octanol–water partition coefficient (Wildman–Crippen LogP) is 2.45. The molecule has 0 atom stereocenters. The van der Waals surface area contributed by atoms with Crippen LogP contribution in [0.1, 0.15) is 26.2 Å². The number of halogens is 1. The van der Waals surface area contributed by atoms with E-state index in [2.05, 4.69) is 22.5 Å². The minimum atomic E-state index is -3.27. The van der Waals surface area contributed by atoms with Gasteiger partial charge in [0.05, 0.1) is 10.6 Å². The van der Waals surface area contributed by atoms with Crippen LogP contribution in [-0.2, 0) is 14.6 Å². The smallest absolute Gasteiger partial charge is 0.191 e. The van der Waals surface area contributed by atoms with Gasteiger partial charge in [-0.15, -0.1) is 24.0 Å². The molecule has 1 aromatic carbocycles. The molecule has 6 nitrogen and oxygen atoms in total. The molecular weight excluding hydrogens is 453 g/mol. The molecule has 0 aliphatic rings. The number of benzene rings is 1. The van der Waals surface area contributed by atoms with Gasteiger partial charge in [-0.05, 0) is 25.0 Å². The Morgan fingerprint density at radius 2 is 1.72 bits per heavy atom. The van der Waals surface area contributed by atoms with Crippen molar-refractivity contribution in [3.05, 3.63) is 30.3 Å². The van der Waals surface area contributed by atoms with Crippen molar-refractivity contribution in [1.82, 2.24) is 10.6 Å². The van der Waals surface area contributed by atoms with Crippen LogP contribution in [0.5, 0.6) is 0 Å². The normalized spacial score (nSPS) is 11.7. The van der Waals surface area contributed by atoms with E-state index in [0.717, 1.165) is 32.4 Å². The Bertz CT molecular complexity index is 580. The maximum absolute atomic E-state index is 12.2. The molecule has 1 rings (SSSR count). The second-order valence-electron chi connectivity index (χ2n) is 5.38. The van der Waals surface area contributed by atoms with Gasteiger partial charge in [0.1, 0.15) is 0 Å². The molecule has 0 radical (unpaired) electrons. The zero-order valence-electron chi connectivity index (χ0n) is 15.0. The largest absolute Gasteiger partial charge is 0.381 e. The summed E-state index contributed by atoms with van der Waals surface area (Å²) in [6.45, 7) is 4.70. The van der Waals surface area contributed by atoms with E-state index >= 15 is 0 Å². The minimum absolute atomic E-state index is 0. The molecule has 0 aliphatic carbocycles. The lowest BCUT2D eigenvalue weighted by Crippen LogP contribution is -2.40. The zero-order chi connectivity index (χ0) is 17.7. The van der Waals surface area contributed by atoms with E-state index in [1.165, 1.54) is 0 Å². The number of guanidine groups is 1. The Morgan fingerprint density at radius 3 is 2.36 bits per heavy atom. The van der Waals surface area contributed by atoms with E-state index < -0.39 is 9.84 Å². The molecular formula is C17H30IN3O3S. The number of sulfone groups is 1. The van der Waals surface area contributed by atoms with Crippen LogP contribution >= 0.6 is 24.0 Å². The summed E-state index contributed by atoms with van der Waals surface area (Å²) in [7, 11) is -1.60. The summed E-state index contributed by atoms with van der Waals surface area (Å²) in [6.07, 6.45) is 3.11. The fraction of sp³-hybridized carbons (Fsp3) is 0.588. The van der Waals surface area contributed by atoms with Gasteiger partial charge in [-0.2, -0.15) is 0 Å². The molecule has 0 heterocycles. The maximum Gasteiger partial charge on any atom is 0.191 e. The van der Waals surface area contributed by atoms with Gasteiger partial charge in [-0.25, -0.2) is 8.42 Å². The van der Waals surface area contributed by atoms with E-state index in [1.54, 1.807) is 37.4 Å². The first-order valence-electron chi connectivity index (χ1n) is 8.40. The van der Waals surface area contributed by atoms with Crippen molar-refractivity contribution >= 4 is 39.8 Å². The van der Waals surface area contributed by atoms with Gasteiger partial charge in [0.25, 0.3) is 0 Å². The molecule has 0 unspecified atom stereocenters. The quantitative estimate of drug-likeness (QED) is 0.219. The van der Waals surface area contributed by atoms with Gasteiger partial charge in [0.15, 0.2) is 15.8 Å². The van der Waals surface area contributed by atoms with Crippen LogP contribution in [0.15, 0.2) is 40.2 Å². The van der Waals surface area contributed by atoms with Crippen molar-refractivity contribution < 1.29 is 13.2 Å². The van der Waals surface area contributed by atoms with Crippen LogP contribution in [0.25, 0.3) is 0 Å². The van der Waals surface area contributed by atoms with Crippen molar-refractivity contribution in [3.8, 4) is 0 Å². The topological polar surface area (TPSA) is 79.8 Å². The average Bonchev–Trinajstić information content (AvgIpc) is 2.60. The molecule has 2 N–H and O–H groups in total. The van der Waals surface area contributed by atoms with Crippen LogP contribution in [0.3, 0.4) is 0 Å². The van der Waals surface area contributed by atoms with Gasteiger partial charge in [0.2, 0.25) is 0 Å². The first kappa shape index (κ1) is 24.1. The number of hydrogen-bond acceptors (Lipinski definition) is 4.